The molecule has 0 atom stereocenters. The van der Waals surface area contributed by atoms with Gasteiger partial charge in [0.25, 0.3) is 0 Å². The van der Waals surface area contributed by atoms with Gasteiger partial charge in [-0.2, -0.15) is 5.26 Å². The summed E-state index contributed by atoms with van der Waals surface area (Å²) in [6.07, 6.45) is 1.77. The maximum atomic E-state index is 8.65. The lowest BCUT2D eigenvalue weighted by molar-refractivity contribution is 1.08. The number of hydrogen-bond acceptors (Lipinski definition) is 3. The molecule has 16 heavy (non-hydrogen) atoms. The summed E-state index contributed by atoms with van der Waals surface area (Å²) in [5.74, 6) is 0.814. The first kappa shape index (κ1) is 12.8. The molecule has 0 amide bonds. The van der Waals surface area contributed by atoms with E-state index in [4.69, 9.17) is 17.5 Å². The van der Waals surface area contributed by atoms with Crippen molar-refractivity contribution in [1.29, 1.82) is 5.26 Å². The molecule has 1 N–H and O–H groups in total. The third-order valence-electron chi connectivity index (χ3n) is 1.84. The molecule has 82 valence electrons. The van der Waals surface area contributed by atoms with Gasteiger partial charge >= 0.3 is 0 Å². The average Bonchev–Trinajstić information content (AvgIpc) is 2.34. The van der Waals surface area contributed by atoms with E-state index < -0.39 is 0 Å². The van der Waals surface area contributed by atoms with Gasteiger partial charge in [-0.1, -0.05) is 42.2 Å². The first-order chi connectivity index (χ1) is 7.76. The highest BCUT2D eigenvalue weighted by atomic mass is 32.2. The van der Waals surface area contributed by atoms with Crippen LogP contribution in [0, 0.1) is 11.3 Å². The van der Waals surface area contributed by atoms with E-state index >= 15 is 0 Å². The van der Waals surface area contributed by atoms with Crippen molar-refractivity contribution in [2.24, 2.45) is 0 Å². The van der Waals surface area contributed by atoms with Gasteiger partial charge in [-0.05, 0) is 17.7 Å². The second-order valence-corrected chi connectivity index (χ2v) is 4.71. The summed E-state index contributed by atoms with van der Waals surface area (Å²) in [4.78, 5) is 0. The molecule has 2 nitrogen and oxygen atoms in total. The highest BCUT2D eigenvalue weighted by Crippen LogP contribution is 2.13. The lowest BCUT2D eigenvalue weighted by atomic mass is 10.2. The fourth-order valence-corrected chi connectivity index (χ4v) is 1.97. The lowest BCUT2D eigenvalue weighted by Gasteiger charge is -2.04. The Morgan fingerprint density at radius 2 is 2.19 bits per heavy atom. The topological polar surface area (TPSA) is 35.8 Å². The monoisotopic (exact) mass is 248 g/mol. The average molecular weight is 248 g/mol. The van der Waals surface area contributed by atoms with Crippen LogP contribution in [0.3, 0.4) is 0 Å². The van der Waals surface area contributed by atoms with Gasteiger partial charge in [-0.15, -0.1) is 6.58 Å². The van der Waals surface area contributed by atoms with Crippen LogP contribution in [0.25, 0.3) is 0 Å². The molecule has 0 saturated heterocycles. The van der Waals surface area contributed by atoms with Crippen molar-refractivity contribution >= 4 is 28.3 Å². The molecule has 4 heteroatoms. The van der Waals surface area contributed by atoms with Crippen molar-refractivity contribution in [3.05, 3.63) is 48.0 Å². The normalized spacial score (nSPS) is 9.19. The maximum absolute atomic E-state index is 8.65. The van der Waals surface area contributed by atoms with E-state index in [1.165, 1.54) is 0 Å². The van der Waals surface area contributed by atoms with Crippen LogP contribution >= 0.6 is 24.0 Å². The Kier molecular flexibility index (Phi) is 5.62. The van der Waals surface area contributed by atoms with E-state index in [9.17, 15) is 0 Å². The molecule has 0 aromatic heterocycles. The first-order valence-corrected chi connectivity index (χ1v) is 6.16. The Morgan fingerprint density at radius 3 is 2.75 bits per heavy atom. The summed E-state index contributed by atoms with van der Waals surface area (Å²) in [5.41, 5.74) is 1.84. The van der Waals surface area contributed by atoms with Gasteiger partial charge in [0.2, 0.25) is 0 Å². The van der Waals surface area contributed by atoms with Gasteiger partial charge in [0.05, 0.1) is 11.6 Å². The predicted octanol–water partition coefficient (Wildman–Crippen LogP) is 2.85. The number of benzene rings is 1. The van der Waals surface area contributed by atoms with Crippen molar-refractivity contribution in [3.8, 4) is 6.07 Å². The Labute approximate surface area is 105 Å². The largest absolute Gasteiger partial charge is 0.368 e. The summed E-state index contributed by atoms with van der Waals surface area (Å²) in [6, 6.07) is 9.61. The van der Waals surface area contributed by atoms with Gasteiger partial charge in [-0.3, -0.25) is 0 Å². The van der Waals surface area contributed by atoms with Gasteiger partial charge in [0.1, 0.15) is 4.32 Å². The Hall–Kier alpha value is -1.31. The highest BCUT2D eigenvalue weighted by Gasteiger charge is 1.98. The van der Waals surface area contributed by atoms with Crippen LogP contribution in [0.1, 0.15) is 11.1 Å². The van der Waals surface area contributed by atoms with Gasteiger partial charge in [0.15, 0.2) is 0 Å². The zero-order chi connectivity index (χ0) is 11.8. The molecule has 0 saturated carbocycles. The summed E-state index contributed by atoms with van der Waals surface area (Å²) >= 11 is 6.69. The van der Waals surface area contributed by atoms with E-state index in [0.29, 0.717) is 12.1 Å². The van der Waals surface area contributed by atoms with Crippen molar-refractivity contribution in [2.75, 3.05) is 6.54 Å². The second-order valence-electron chi connectivity index (χ2n) is 3.05. The number of thiocarbonyl (C=S) groups is 1. The summed E-state index contributed by atoms with van der Waals surface area (Å²) in [6.45, 7) is 4.30. The second kappa shape index (κ2) is 7.04. The molecule has 1 aromatic carbocycles. The standard InChI is InChI=1S/C12H12N2S2/c1-2-7-14-12(15)16-9-11-5-3-10(8-13)4-6-11/h2-6H,1,7,9H2,(H,14,15). The molecule has 0 heterocycles. The maximum Gasteiger partial charge on any atom is 0.134 e. The molecule has 1 aromatic rings. The van der Waals surface area contributed by atoms with Gasteiger partial charge in [0, 0.05) is 12.3 Å². The zero-order valence-corrected chi connectivity index (χ0v) is 10.4. The van der Waals surface area contributed by atoms with E-state index in [0.717, 1.165) is 15.6 Å². The van der Waals surface area contributed by atoms with Crippen molar-refractivity contribution < 1.29 is 0 Å². The van der Waals surface area contributed by atoms with E-state index in [1.54, 1.807) is 17.8 Å². The van der Waals surface area contributed by atoms with Crippen LogP contribution in [-0.4, -0.2) is 10.9 Å². The van der Waals surface area contributed by atoms with Crippen LogP contribution in [0.4, 0.5) is 0 Å². The molecule has 0 fully saturated rings. The number of nitrogens with one attached hydrogen (secondary N) is 1. The van der Waals surface area contributed by atoms with Crippen LogP contribution < -0.4 is 5.32 Å². The quantitative estimate of drug-likeness (QED) is 0.656. The molecule has 0 spiro atoms. The van der Waals surface area contributed by atoms with Crippen LogP contribution in [0.2, 0.25) is 0 Å². The van der Waals surface area contributed by atoms with Crippen molar-refractivity contribution in [1.82, 2.24) is 5.32 Å². The Balaban J connectivity index is 2.40. The lowest BCUT2D eigenvalue weighted by Crippen LogP contribution is -2.17. The number of nitriles is 1. The molecule has 0 bridgehead atoms. The van der Waals surface area contributed by atoms with Crippen molar-refractivity contribution in [2.45, 2.75) is 5.75 Å². The fourth-order valence-electron chi connectivity index (χ4n) is 1.03. The summed E-state index contributed by atoms with van der Waals surface area (Å²) in [7, 11) is 0. The van der Waals surface area contributed by atoms with E-state index in [1.807, 2.05) is 24.3 Å². The van der Waals surface area contributed by atoms with Crippen LogP contribution in [0.5, 0.6) is 0 Å². The SMILES string of the molecule is C=CCNC(=S)SCc1ccc(C#N)cc1. The smallest absolute Gasteiger partial charge is 0.134 e. The highest BCUT2D eigenvalue weighted by molar-refractivity contribution is 8.22. The van der Waals surface area contributed by atoms with Crippen LogP contribution in [0.15, 0.2) is 36.9 Å². The van der Waals surface area contributed by atoms with Crippen LogP contribution in [-0.2, 0) is 5.75 Å². The number of hydrogen-bond donors (Lipinski definition) is 1. The fraction of sp³-hybridized carbons (Fsp3) is 0.167. The van der Waals surface area contributed by atoms with E-state index in [-0.39, 0.29) is 0 Å². The minimum absolute atomic E-state index is 0.682. The zero-order valence-electron chi connectivity index (χ0n) is 8.77. The molecule has 0 aliphatic heterocycles. The molecular formula is C12H12N2S2. The van der Waals surface area contributed by atoms with Crippen molar-refractivity contribution in [3.63, 3.8) is 0 Å². The summed E-state index contributed by atoms with van der Waals surface area (Å²) < 4.78 is 0.768. The van der Waals surface area contributed by atoms with Gasteiger partial charge < -0.3 is 5.32 Å². The third kappa shape index (κ3) is 4.47. The Bertz CT molecular complexity index is 404. The van der Waals surface area contributed by atoms with Gasteiger partial charge in [-0.25, -0.2) is 0 Å². The molecule has 1 rings (SSSR count). The molecular weight excluding hydrogens is 236 g/mol. The minimum Gasteiger partial charge on any atom is -0.368 e. The minimum atomic E-state index is 0.682. The first-order valence-electron chi connectivity index (χ1n) is 4.77. The molecule has 0 aliphatic rings. The number of nitrogens with zero attached hydrogens (tertiary/aromatic N) is 1. The Morgan fingerprint density at radius 1 is 1.50 bits per heavy atom. The molecule has 0 unspecified atom stereocenters. The molecule has 0 radical (unpaired) electrons. The molecule has 0 aliphatic carbocycles. The third-order valence-corrected chi connectivity index (χ3v) is 3.23. The predicted molar refractivity (Wildman–Crippen MR) is 73.2 cm³/mol. The number of thioether (sulfide) groups is 1. The van der Waals surface area contributed by atoms with E-state index in [2.05, 4.69) is 18.0 Å². The summed E-state index contributed by atoms with van der Waals surface area (Å²) in [5, 5.41) is 11.7. The number of rotatable bonds is 4.